The molecule has 0 aliphatic carbocycles. The molecular formula is C12H25Cl3Si. The average Bonchev–Trinajstić information content (AvgIpc) is 2.00. The highest BCUT2D eigenvalue weighted by atomic mass is 35.8. The Hall–Kier alpha value is 1.09. The van der Waals surface area contributed by atoms with Crippen molar-refractivity contribution in [1.29, 1.82) is 0 Å². The van der Waals surface area contributed by atoms with Crippen LogP contribution in [0.1, 0.15) is 55.4 Å². The maximum atomic E-state index is 6.29. The van der Waals surface area contributed by atoms with Gasteiger partial charge in [0.25, 0.3) is 0 Å². The molecule has 98 valence electrons. The van der Waals surface area contributed by atoms with E-state index in [0.29, 0.717) is 5.92 Å². The Bertz CT molecular complexity index is 249. The Morgan fingerprint density at radius 2 is 1.12 bits per heavy atom. The molecule has 0 atom stereocenters. The third kappa shape index (κ3) is 2.58. The van der Waals surface area contributed by atoms with E-state index in [-0.39, 0.29) is 15.9 Å². The Labute approximate surface area is 116 Å². The number of halogens is 3. The van der Waals surface area contributed by atoms with Crippen molar-refractivity contribution in [2.45, 2.75) is 60.4 Å². The second-order valence-electron chi connectivity index (χ2n) is 6.62. The largest absolute Gasteiger partial charge is 0.347 e. The normalized spacial score (nSPS) is 15.8. The summed E-state index contributed by atoms with van der Waals surface area (Å²) in [4.78, 5) is 0. The van der Waals surface area contributed by atoms with Crippen molar-refractivity contribution in [2.75, 3.05) is 0 Å². The van der Waals surface area contributed by atoms with Gasteiger partial charge in [-0.1, -0.05) is 55.4 Å². The molecule has 0 fully saturated rings. The topological polar surface area (TPSA) is 0 Å². The molecule has 0 saturated carbocycles. The van der Waals surface area contributed by atoms with E-state index in [1.807, 2.05) is 0 Å². The third-order valence-corrected chi connectivity index (χ3v) is 11.6. The molecule has 4 heteroatoms. The minimum Gasteiger partial charge on any atom is -0.125 e. The van der Waals surface area contributed by atoms with Gasteiger partial charge >= 0.3 is 6.00 Å². The highest BCUT2D eigenvalue weighted by molar-refractivity contribution is 7.65. The minimum atomic E-state index is -2.76. The van der Waals surface area contributed by atoms with Crippen LogP contribution in [0.15, 0.2) is 0 Å². The van der Waals surface area contributed by atoms with Crippen LogP contribution in [0, 0.1) is 16.7 Å². The summed E-state index contributed by atoms with van der Waals surface area (Å²) in [5.41, 5.74) is 0.0824. The molecule has 0 amide bonds. The smallest absolute Gasteiger partial charge is 0.125 e. The van der Waals surface area contributed by atoms with Crippen LogP contribution in [0.5, 0.6) is 0 Å². The van der Waals surface area contributed by atoms with E-state index in [2.05, 4.69) is 55.4 Å². The lowest BCUT2D eigenvalue weighted by Crippen LogP contribution is -2.50. The van der Waals surface area contributed by atoms with Gasteiger partial charge < -0.3 is 0 Å². The van der Waals surface area contributed by atoms with Crippen molar-refractivity contribution in [3.8, 4) is 0 Å². The Morgan fingerprint density at radius 3 is 1.31 bits per heavy atom. The summed E-state index contributed by atoms with van der Waals surface area (Å²) in [6.45, 7) is 17.6. The third-order valence-electron chi connectivity index (χ3n) is 5.33. The molecule has 0 nitrogen and oxygen atoms in total. The molecule has 0 aliphatic rings. The van der Waals surface area contributed by atoms with E-state index in [0.717, 1.165) is 0 Å². The summed E-state index contributed by atoms with van der Waals surface area (Å²) in [6.07, 6.45) is 0. The van der Waals surface area contributed by atoms with Crippen LogP contribution in [0.4, 0.5) is 0 Å². The highest BCUT2D eigenvalue weighted by Gasteiger charge is 2.59. The fourth-order valence-electron chi connectivity index (χ4n) is 1.88. The predicted molar refractivity (Wildman–Crippen MR) is 79.8 cm³/mol. The maximum Gasteiger partial charge on any atom is 0.347 e. The summed E-state index contributed by atoms with van der Waals surface area (Å²) >= 11 is 18.9. The molecule has 0 aromatic rings. The SMILES string of the molecule is CC(C)C(C)(C)C(C)(C)C(C)(C)[Si](Cl)(Cl)Cl. The molecule has 16 heavy (non-hydrogen) atoms. The lowest BCUT2D eigenvalue weighted by Gasteiger charge is -2.56. The molecule has 0 spiro atoms. The van der Waals surface area contributed by atoms with Gasteiger partial charge in [-0.15, -0.1) is 33.2 Å². The number of hydrogen-bond acceptors (Lipinski definition) is 0. The maximum absolute atomic E-state index is 6.29. The van der Waals surface area contributed by atoms with E-state index in [9.17, 15) is 0 Å². The first kappa shape index (κ1) is 17.1. The second kappa shape index (κ2) is 4.64. The first-order valence-electron chi connectivity index (χ1n) is 5.76. The first-order chi connectivity index (χ1) is 6.69. The van der Waals surface area contributed by atoms with Crippen LogP contribution < -0.4 is 0 Å². The number of hydrogen-bond donors (Lipinski definition) is 0. The van der Waals surface area contributed by atoms with Crippen molar-refractivity contribution >= 4 is 39.2 Å². The molecule has 0 rings (SSSR count). The van der Waals surface area contributed by atoms with Crippen LogP contribution in [-0.2, 0) is 0 Å². The molecule has 0 aromatic carbocycles. The highest BCUT2D eigenvalue weighted by Crippen LogP contribution is 2.65. The molecule has 0 aliphatic heterocycles. The van der Waals surface area contributed by atoms with Crippen molar-refractivity contribution in [3.05, 3.63) is 0 Å². The van der Waals surface area contributed by atoms with Gasteiger partial charge in [-0.2, -0.15) is 0 Å². The minimum absolute atomic E-state index is 0.0361. The van der Waals surface area contributed by atoms with Crippen molar-refractivity contribution in [2.24, 2.45) is 16.7 Å². The number of rotatable bonds is 4. The second-order valence-corrected chi connectivity index (χ2v) is 15.7. The zero-order chi connectivity index (χ0) is 13.6. The molecule has 0 bridgehead atoms. The van der Waals surface area contributed by atoms with Gasteiger partial charge in [0.1, 0.15) is 0 Å². The van der Waals surface area contributed by atoms with Gasteiger partial charge in [0.2, 0.25) is 0 Å². The van der Waals surface area contributed by atoms with Crippen LogP contribution in [0.25, 0.3) is 0 Å². The van der Waals surface area contributed by atoms with Crippen molar-refractivity contribution in [3.63, 3.8) is 0 Å². The summed E-state index contributed by atoms with van der Waals surface area (Å²) in [6, 6.07) is -2.76. The quantitative estimate of drug-likeness (QED) is 0.433. The first-order valence-corrected chi connectivity index (χ1v) is 10.8. The van der Waals surface area contributed by atoms with Crippen LogP contribution in [-0.4, -0.2) is 6.00 Å². The van der Waals surface area contributed by atoms with Crippen molar-refractivity contribution in [1.82, 2.24) is 0 Å². The molecule has 0 N–H and O–H groups in total. The van der Waals surface area contributed by atoms with E-state index < -0.39 is 6.00 Å². The zero-order valence-electron chi connectivity index (χ0n) is 11.7. The Morgan fingerprint density at radius 1 is 0.812 bits per heavy atom. The van der Waals surface area contributed by atoms with Gasteiger partial charge in [-0.05, 0) is 16.7 Å². The molecule has 0 radical (unpaired) electrons. The van der Waals surface area contributed by atoms with E-state index in [1.165, 1.54) is 0 Å². The Balaban J connectivity index is 5.53. The summed E-state index contributed by atoms with van der Waals surface area (Å²) < 4.78 is 0. The lowest BCUT2D eigenvalue weighted by atomic mass is 9.57. The average molecular weight is 304 g/mol. The molecule has 0 saturated heterocycles. The van der Waals surface area contributed by atoms with Gasteiger partial charge in [0.15, 0.2) is 0 Å². The van der Waals surface area contributed by atoms with Crippen LogP contribution in [0.3, 0.4) is 0 Å². The fourth-order valence-corrected chi connectivity index (χ4v) is 5.04. The summed E-state index contributed by atoms with van der Waals surface area (Å²) in [5, 5.41) is -0.265. The molecule has 0 heterocycles. The lowest BCUT2D eigenvalue weighted by molar-refractivity contribution is 0.0204. The molecular weight excluding hydrogens is 279 g/mol. The molecule has 0 aromatic heterocycles. The standard InChI is InChI=1S/C12H25Cl3Si/c1-9(2)10(3,4)11(5,6)12(7,8)16(13,14)15/h9H,1-8H3. The van der Waals surface area contributed by atoms with E-state index in [4.69, 9.17) is 33.2 Å². The van der Waals surface area contributed by atoms with Gasteiger partial charge in [-0.25, -0.2) is 0 Å². The van der Waals surface area contributed by atoms with E-state index >= 15 is 0 Å². The summed E-state index contributed by atoms with van der Waals surface area (Å²) in [7, 11) is 0. The Kier molecular flexibility index (Phi) is 4.96. The van der Waals surface area contributed by atoms with Crippen LogP contribution in [0.2, 0.25) is 5.04 Å². The van der Waals surface area contributed by atoms with Gasteiger partial charge in [0.05, 0.1) is 0 Å². The van der Waals surface area contributed by atoms with Gasteiger partial charge in [0, 0.05) is 5.04 Å². The zero-order valence-corrected chi connectivity index (χ0v) is 15.0. The fraction of sp³-hybridized carbons (Fsp3) is 1.00. The molecule has 0 unspecified atom stereocenters. The summed E-state index contributed by atoms with van der Waals surface area (Å²) in [5.74, 6) is 0.545. The van der Waals surface area contributed by atoms with Crippen molar-refractivity contribution < 1.29 is 0 Å². The predicted octanol–water partition coefficient (Wildman–Crippen LogP) is 6.13. The monoisotopic (exact) mass is 302 g/mol. The van der Waals surface area contributed by atoms with Gasteiger partial charge in [-0.3, -0.25) is 0 Å². The van der Waals surface area contributed by atoms with E-state index in [1.54, 1.807) is 0 Å². The van der Waals surface area contributed by atoms with Crippen LogP contribution >= 0.6 is 33.2 Å².